The number of aryl methyl sites for hydroxylation is 1. The molecule has 25 heavy (non-hydrogen) atoms. The summed E-state index contributed by atoms with van der Waals surface area (Å²) in [6.07, 6.45) is 3.38. The van der Waals surface area contributed by atoms with E-state index in [-0.39, 0.29) is 12.4 Å². The van der Waals surface area contributed by atoms with Gasteiger partial charge >= 0.3 is 5.97 Å². The van der Waals surface area contributed by atoms with E-state index < -0.39 is 5.60 Å². The van der Waals surface area contributed by atoms with Gasteiger partial charge in [-0.3, -0.25) is 9.78 Å². The van der Waals surface area contributed by atoms with E-state index in [4.69, 9.17) is 9.15 Å². The number of hydrogen-bond donors (Lipinski definition) is 1. The van der Waals surface area contributed by atoms with Gasteiger partial charge in [0.2, 0.25) is 5.71 Å². The van der Waals surface area contributed by atoms with Crippen molar-refractivity contribution >= 4 is 17.1 Å². The first kappa shape index (κ1) is 17.1. The SMILES string of the molecule is CCOC(=O)Cc1cnc2oc(C(C)(O)c3ccnc(C)c3)cc2c1. The molecule has 0 fully saturated rings. The zero-order valence-electron chi connectivity index (χ0n) is 14.4. The fraction of sp³-hybridized carbons (Fsp3) is 0.316. The number of nitrogens with zero attached hydrogens (tertiary/aromatic N) is 2. The molecule has 1 N–H and O–H groups in total. The fourth-order valence-electron chi connectivity index (χ4n) is 2.68. The molecule has 3 aromatic heterocycles. The normalized spacial score (nSPS) is 13.6. The first-order valence-corrected chi connectivity index (χ1v) is 8.10. The Morgan fingerprint density at radius 3 is 2.84 bits per heavy atom. The Bertz CT molecular complexity index is 915. The summed E-state index contributed by atoms with van der Waals surface area (Å²) in [5.74, 6) is 0.0838. The summed E-state index contributed by atoms with van der Waals surface area (Å²) in [6, 6.07) is 7.12. The lowest BCUT2D eigenvalue weighted by Crippen LogP contribution is -2.22. The molecule has 0 aromatic carbocycles. The molecule has 0 spiro atoms. The maximum absolute atomic E-state index is 11.6. The summed E-state index contributed by atoms with van der Waals surface area (Å²) in [5.41, 5.74) is 1.33. The molecule has 0 bridgehead atoms. The number of esters is 1. The highest BCUT2D eigenvalue weighted by Crippen LogP contribution is 2.33. The van der Waals surface area contributed by atoms with Gasteiger partial charge in [0.05, 0.1) is 13.0 Å². The predicted molar refractivity (Wildman–Crippen MR) is 92.0 cm³/mol. The molecule has 0 saturated heterocycles. The molecule has 0 amide bonds. The average Bonchev–Trinajstić information content (AvgIpc) is 2.99. The Hall–Kier alpha value is -2.73. The minimum absolute atomic E-state index is 0.150. The van der Waals surface area contributed by atoms with Gasteiger partial charge in [0.25, 0.3) is 0 Å². The first-order chi connectivity index (χ1) is 11.9. The predicted octanol–water partition coefficient (Wildman–Crippen LogP) is 2.89. The number of fused-ring (bicyclic) bond motifs is 1. The van der Waals surface area contributed by atoms with Gasteiger partial charge in [-0.2, -0.15) is 0 Å². The zero-order valence-corrected chi connectivity index (χ0v) is 14.4. The van der Waals surface area contributed by atoms with Crippen LogP contribution in [0.3, 0.4) is 0 Å². The van der Waals surface area contributed by atoms with Crippen LogP contribution in [0, 0.1) is 6.92 Å². The van der Waals surface area contributed by atoms with Gasteiger partial charge in [-0.1, -0.05) is 0 Å². The molecule has 6 nitrogen and oxygen atoms in total. The number of pyridine rings is 2. The number of rotatable bonds is 5. The Morgan fingerprint density at radius 1 is 1.32 bits per heavy atom. The van der Waals surface area contributed by atoms with Crippen LogP contribution in [0.2, 0.25) is 0 Å². The van der Waals surface area contributed by atoms with Gasteiger partial charge in [0.15, 0.2) is 0 Å². The average molecular weight is 340 g/mol. The van der Waals surface area contributed by atoms with E-state index in [2.05, 4.69) is 9.97 Å². The van der Waals surface area contributed by atoms with E-state index in [1.54, 1.807) is 38.4 Å². The second kappa shape index (κ2) is 6.64. The van der Waals surface area contributed by atoms with Crippen LogP contribution in [0.15, 0.2) is 41.1 Å². The van der Waals surface area contributed by atoms with Crippen LogP contribution in [-0.4, -0.2) is 27.7 Å². The molecule has 1 atom stereocenters. The van der Waals surface area contributed by atoms with Gasteiger partial charge in [-0.15, -0.1) is 0 Å². The molecule has 3 aromatic rings. The van der Waals surface area contributed by atoms with Crippen LogP contribution in [0.25, 0.3) is 11.1 Å². The highest BCUT2D eigenvalue weighted by molar-refractivity contribution is 5.78. The summed E-state index contributed by atoms with van der Waals surface area (Å²) in [4.78, 5) is 20.0. The molecular weight excluding hydrogens is 320 g/mol. The standard InChI is InChI=1S/C19H20N2O4/c1-4-24-17(22)9-13-8-14-10-16(25-18(14)21-11-13)19(3,23)15-5-6-20-12(2)7-15/h5-8,10-11,23H,4,9H2,1-3H3. The summed E-state index contributed by atoms with van der Waals surface area (Å²) in [5, 5.41) is 11.7. The minimum atomic E-state index is -1.31. The second-order valence-corrected chi connectivity index (χ2v) is 6.09. The van der Waals surface area contributed by atoms with Crippen molar-refractivity contribution in [1.82, 2.24) is 9.97 Å². The molecule has 0 aliphatic heterocycles. The molecule has 3 heterocycles. The van der Waals surface area contributed by atoms with Crippen LogP contribution < -0.4 is 0 Å². The minimum Gasteiger partial charge on any atom is -0.466 e. The summed E-state index contributed by atoms with van der Waals surface area (Å²) in [6.45, 7) is 5.64. The maximum Gasteiger partial charge on any atom is 0.310 e. The van der Waals surface area contributed by atoms with E-state index in [1.807, 2.05) is 19.1 Å². The molecule has 0 aliphatic carbocycles. The van der Waals surface area contributed by atoms with Gasteiger partial charge < -0.3 is 14.3 Å². The van der Waals surface area contributed by atoms with Crippen LogP contribution in [0.4, 0.5) is 0 Å². The molecule has 1 unspecified atom stereocenters. The van der Waals surface area contributed by atoms with Gasteiger partial charge in [-0.05, 0) is 56.2 Å². The molecule has 6 heteroatoms. The largest absolute Gasteiger partial charge is 0.466 e. The van der Waals surface area contributed by atoms with Crippen molar-refractivity contribution in [3.8, 4) is 0 Å². The van der Waals surface area contributed by atoms with E-state index in [0.29, 0.717) is 23.6 Å². The number of furan rings is 1. The third kappa shape index (κ3) is 3.53. The van der Waals surface area contributed by atoms with Crippen LogP contribution in [0.1, 0.15) is 36.4 Å². The topological polar surface area (TPSA) is 85.5 Å². The zero-order chi connectivity index (χ0) is 18.0. The lowest BCUT2D eigenvalue weighted by atomic mass is 9.93. The summed E-state index contributed by atoms with van der Waals surface area (Å²) < 4.78 is 10.7. The number of aliphatic hydroxyl groups is 1. The van der Waals surface area contributed by atoms with Crippen molar-refractivity contribution in [2.24, 2.45) is 0 Å². The van der Waals surface area contributed by atoms with E-state index in [1.165, 1.54) is 0 Å². The highest BCUT2D eigenvalue weighted by Gasteiger charge is 2.30. The van der Waals surface area contributed by atoms with E-state index >= 15 is 0 Å². The lowest BCUT2D eigenvalue weighted by molar-refractivity contribution is -0.142. The molecular formula is C19H20N2O4. The van der Waals surface area contributed by atoms with Crippen molar-refractivity contribution in [3.63, 3.8) is 0 Å². The van der Waals surface area contributed by atoms with Gasteiger partial charge in [0.1, 0.15) is 11.4 Å². The molecule has 0 radical (unpaired) electrons. The smallest absolute Gasteiger partial charge is 0.310 e. The lowest BCUT2D eigenvalue weighted by Gasteiger charge is -2.21. The number of hydrogen-bond acceptors (Lipinski definition) is 6. The van der Waals surface area contributed by atoms with E-state index in [0.717, 1.165) is 16.6 Å². The van der Waals surface area contributed by atoms with Crippen molar-refractivity contribution in [2.75, 3.05) is 6.61 Å². The van der Waals surface area contributed by atoms with Crippen molar-refractivity contribution in [2.45, 2.75) is 32.8 Å². The first-order valence-electron chi connectivity index (χ1n) is 8.10. The Balaban J connectivity index is 1.94. The summed E-state index contributed by atoms with van der Waals surface area (Å²) in [7, 11) is 0. The molecule has 0 saturated carbocycles. The third-order valence-electron chi connectivity index (χ3n) is 4.02. The highest BCUT2D eigenvalue weighted by atomic mass is 16.5. The van der Waals surface area contributed by atoms with Crippen molar-refractivity contribution in [3.05, 3.63) is 59.2 Å². The Kier molecular flexibility index (Phi) is 4.55. The molecule has 0 aliphatic rings. The van der Waals surface area contributed by atoms with Gasteiger partial charge in [-0.25, -0.2) is 4.98 Å². The number of carbonyl (C=O) groups is 1. The quantitative estimate of drug-likeness (QED) is 0.719. The number of ether oxygens (including phenoxy) is 1. The monoisotopic (exact) mass is 340 g/mol. The molecule has 3 rings (SSSR count). The Morgan fingerprint density at radius 2 is 2.12 bits per heavy atom. The van der Waals surface area contributed by atoms with Crippen molar-refractivity contribution in [1.29, 1.82) is 0 Å². The van der Waals surface area contributed by atoms with Crippen molar-refractivity contribution < 1.29 is 19.1 Å². The van der Waals surface area contributed by atoms with Gasteiger partial charge in [0, 0.05) is 23.5 Å². The summed E-state index contributed by atoms with van der Waals surface area (Å²) >= 11 is 0. The number of aromatic nitrogens is 2. The third-order valence-corrected chi connectivity index (χ3v) is 4.02. The Labute approximate surface area is 145 Å². The maximum atomic E-state index is 11.6. The van der Waals surface area contributed by atoms with E-state index in [9.17, 15) is 9.90 Å². The second-order valence-electron chi connectivity index (χ2n) is 6.09. The van der Waals surface area contributed by atoms with Crippen LogP contribution in [0.5, 0.6) is 0 Å². The molecule has 130 valence electrons. The number of carbonyl (C=O) groups excluding carboxylic acids is 1. The van der Waals surface area contributed by atoms with Crippen LogP contribution in [-0.2, 0) is 21.6 Å². The van der Waals surface area contributed by atoms with Crippen LogP contribution >= 0.6 is 0 Å². The fourth-order valence-corrected chi connectivity index (χ4v) is 2.68.